The number of fused-ring (bicyclic) bond motifs is 1. The van der Waals surface area contributed by atoms with Crippen molar-refractivity contribution >= 4 is 29.0 Å². The predicted molar refractivity (Wildman–Crippen MR) is 63.4 cm³/mol. The molecule has 20 heavy (non-hydrogen) atoms. The number of rotatable bonds is 3. The molecule has 1 aromatic carbocycles. The number of hydrogen-bond acceptors (Lipinski definition) is 2. The van der Waals surface area contributed by atoms with E-state index in [2.05, 4.69) is 0 Å². The molecule has 1 aromatic rings. The summed E-state index contributed by atoms with van der Waals surface area (Å²) in [6.45, 7) is -0.307. The van der Waals surface area contributed by atoms with E-state index in [1.54, 1.807) is 0 Å². The van der Waals surface area contributed by atoms with Crippen LogP contribution in [0.25, 0.3) is 0 Å². The fraction of sp³-hybridized carbons (Fsp3) is 0.333. The zero-order chi connectivity index (χ0) is 15.1. The van der Waals surface area contributed by atoms with Crippen LogP contribution in [0.5, 0.6) is 0 Å². The zero-order valence-corrected chi connectivity index (χ0v) is 10.7. The Hall–Kier alpha value is -1.63. The molecule has 0 aliphatic carbocycles. The fourth-order valence-corrected chi connectivity index (χ4v) is 2.11. The smallest absolute Gasteiger partial charge is 0.305 e. The van der Waals surface area contributed by atoms with Crippen molar-refractivity contribution in [3.8, 4) is 0 Å². The fourth-order valence-electron chi connectivity index (χ4n) is 1.95. The third kappa shape index (κ3) is 2.77. The number of nitrogens with zero attached hydrogens (tertiary/aromatic N) is 1. The number of Topliss-reactive ketones (excluding diaryl/α,β-unsaturated/α-hetero) is 1. The van der Waals surface area contributed by atoms with Crippen molar-refractivity contribution < 1.29 is 27.2 Å². The molecule has 0 radical (unpaired) electrons. The molecule has 108 valence electrons. The Morgan fingerprint density at radius 1 is 1.20 bits per heavy atom. The highest BCUT2D eigenvalue weighted by atomic mass is 35.5. The zero-order valence-electron chi connectivity index (χ0n) is 9.93. The van der Waals surface area contributed by atoms with Crippen molar-refractivity contribution in [1.82, 2.24) is 0 Å². The van der Waals surface area contributed by atoms with Gasteiger partial charge in [-0.1, -0.05) is 11.6 Å². The molecular weight excluding hydrogens is 302 g/mol. The Morgan fingerprint density at radius 3 is 2.45 bits per heavy atom. The van der Waals surface area contributed by atoms with E-state index in [4.69, 9.17) is 11.6 Å². The Bertz CT molecular complexity index is 586. The minimum Gasteiger partial charge on any atom is -0.305 e. The largest absolute Gasteiger partial charge is 0.389 e. The summed E-state index contributed by atoms with van der Waals surface area (Å²) in [4.78, 5) is 24.2. The van der Waals surface area contributed by atoms with Gasteiger partial charge in [0.2, 0.25) is 0 Å². The average Bonchev–Trinajstić information content (AvgIpc) is 2.54. The Morgan fingerprint density at radius 2 is 1.85 bits per heavy atom. The van der Waals surface area contributed by atoms with Gasteiger partial charge in [-0.25, -0.2) is 4.39 Å². The van der Waals surface area contributed by atoms with E-state index in [1.807, 2.05) is 0 Å². The van der Waals surface area contributed by atoms with Crippen molar-refractivity contribution in [2.45, 2.75) is 19.0 Å². The van der Waals surface area contributed by atoms with Gasteiger partial charge in [0.05, 0.1) is 16.3 Å². The van der Waals surface area contributed by atoms with Crippen LogP contribution in [0, 0.1) is 5.82 Å². The van der Waals surface area contributed by atoms with Gasteiger partial charge in [0.1, 0.15) is 5.82 Å². The third-order valence-corrected chi connectivity index (χ3v) is 3.15. The van der Waals surface area contributed by atoms with Crippen molar-refractivity contribution in [3.63, 3.8) is 0 Å². The van der Waals surface area contributed by atoms with Crippen molar-refractivity contribution in [2.24, 2.45) is 0 Å². The molecule has 1 amide bonds. The first kappa shape index (κ1) is 14.8. The maximum atomic E-state index is 13.4. The maximum absolute atomic E-state index is 13.4. The van der Waals surface area contributed by atoms with Gasteiger partial charge in [0, 0.05) is 13.0 Å². The first-order valence-corrected chi connectivity index (χ1v) is 6.00. The van der Waals surface area contributed by atoms with Gasteiger partial charge < -0.3 is 4.90 Å². The number of carbonyl (C=O) groups excluding carboxylic acids is 2. The second-order valence-corrected chi connectivity index (χ2v) is 4.70. The van der Waals surface area contributed by atoms with Gasteiger partial charge in [0.15, 0.2) is 0 Å². The lowest BCUT2D eigenvalue weighted by Crippen LogP contribution is -2.31. The molecule has 0 fully saturated rings. The Kier molecular flexibility index (Phi) is 3.73. The molecular formula is C12H8ClF4NO2. The van der Waals surface area contributed by atoms with Crippen LogP contribution < -0.4 is 4.90 Å². The second-order valence-electron chi connectivity index (χ2n) is 4.29. The van der Waals surface area contributed by atoms with E-state index in [9.17, 15) is 27.2 Å². The highest BCUT2D eigenvalue weighted by molar-refractivity contribution is 6.52. The van der Waals surface area contributed by atoms with E-state index >= 15 is 0 Å². The maximum Gasteiger partial charge on any atom is 0.389 e. The van der Waals surface area contributed by atoms with Gasteiger partial charge in [-0.15, -0.1) is 0 Å². The van der Waals surface area contributed by atoms with E-state index in [1.165, 1.54) is 0 Å². The summed E-state index contributed by atoms with van der Waals surface area (Å²) in [5.74, 6) is -2.70. The van der Waals surface area contributed by atoms with Crippen molar-refractivity contribution in [3.05, 3.63) is 28.5 Å². The second kappa shape index (κ2) is 5.05. The topological polar surface area (TPSA) is 37.4 Å². The number of amides is 1. The van der Waals surface area contributed by atoms with Crippen molar-refractivity contribution in [2.75, 3.05) is 11.4 Å². The van der Waals surface area contributed by atoms with Crippen LogP contribution in [0.4, 0.5) is 23.2 Å². The lowest BCUT2D eigenvalue weighted by atomic mass is 10.1. The number of alkyl halides is 3. The normalized spacial score (nSPS) is 14.9. The summed E-state index contributed by atoms with van der Waals surface area (Å²) < 4.78 is 49.6. The molecule has 3 nitrogen and oxygen atoms in total. The van der Waals surface area contributed by atoms with E-state index in [0.29, 0.717) is 0 Å². The Labute approximate surface area is 116 Å². The van der Waals surface area contributed by atoms with Crippen LogP contribution in [0.3, 0.4) is 0 Å². The van der Waals surface area contributed by atoms with Crippen LogP contribution in [0.2, 0.25) is 5.02 Å². The first-order chi connectivity index (χ1) is 9.20. The van der Waals surface area contributed by atoms with Gasteiger partial charge in [-0.2, -0.15) is 13.2 Å². The van der Waals surface area contributed by atoms with Crippen LogP contribution in [0.1, 0.15) is 23.2 Å². The quantitative estimate of drug-likeness (QED) is 0.634. The minimum absolute atomic E-state index is 0.0379. The number of halogens is 5. The number of benzene rings is 1. The summed E-state index contributed by atoms with van der Waals surface area (Å²) in [6, 6.07) is 1.89. The molecule has 0 atom stereocenters. The lowest BCUT2D eigenvalue weighted by molar-refractivity contribution is -0.135. The molecule has 0 unspecified atom stereocenters. The molecule has 8 heteroatoms. The van der Waals surface area contributed by atoms with Gasteiger partial charge in [-0.05, 0) is 18.6 Å². The summed E-state index contributed by atoms with van der Waals surface area (Å²) in [6.07, 6.45) is -5.80. The summed E-state index contributed by atoms with van der Waals surface area (Å²) in [5, 5.41) is -0.318. The Balaban J connectivity index is 2.22. The van der Waals surface area contributed by atoms with Crippen LogP contribution in [-0.4, -0.2) is 24.4 Å². The minimum atomic E-state index is -4.35. The van der Waals surface area contributed by atoms with Crippen LogP contribution >= 0.6 is 11.6 Å². The standard InChI is InChI=1S/C12H8ClF4NO2/c13-7-4-6-9(5-8(7)14)18(11(20)10(6)19)3-1-2-12(15,16)17/h4-5H,1-3H2. The SMILES string of the molecule is O=C1C(=O)N(CCCC(F)(F)F)c2cc(F)c(Cl)cc21. The molecule has 1 aliphatic heterocycles. The molecule has 0 N–H and O–H groups in total. The molecule has 1 heterocycles. The monoisotopic (exact) mass is 309 g/mol. The average molecular weight is 310 g/mol. The number of ketones is 1. The summed E-state index contributed by atoms with van der Waals surface area (Å²) in [5.41, 5.74) is -0.127. The van der Waals surface area contributed by atoms with Gasteiger partial charge in [-0.3, -0.25) is 9.59 Å². The van der Waals surface area contributed by atoms with Gasteiger partial charge >= 0.3 is 6.18 Å². The van der Waals surface area contributed by atoms with E-state index in [-0.39, 0.29) is 29.2 Å². The lowest BCUT2D eigenvalue weighted by Gasteiger charge is -2.17. The highest BCUT2D eigenvalue weighted by Crippen LogP contribution is 2.33. The van der Waals surface area contributed by atoms with Crippen LogP contribution in [0.15, 0.2) is 12.1 Å². The number of anilines is 1. The molecule has 1 aliphatic rings. The molecule has 0 spiro atoms. The molecule has 0 saturated carbocycles. The van der Waals surface area contributed by atoms with Crippen molar-refractivity contribution in [1.29, 1.82) is 0 Å². The molecule has 2 rings (SSSR count). The van der Waals surface area contributed by atoms with Gasteiger partial charge in [0.25, 0.3) is 11.7 Å². The van der Waals surface area contributed by atoms with E-state index in [0.717, 1.165) is 17.0 Å². The summed E-state index contributed by atoms with van der Waals surface area (Å²) in [7, 11) is 0. The predicted octanol–water partition coefficient (Wildman–Crippen LogP) is 3.35. The third-order valence-electron chi connectivity index (χ3n) is 2.86. The summed E-state index contributed by atoms with van der Waals surface area (Å²) >= 11 is 5.51. The number of hydrogen-bond donors (Lipinski definition) is 0. The van der Waals surface area contributed by atoms with E-state index < -0.39 is 30.1 Å². The molecule has 0 bridgehead atoms. The van der Waals surface area contributed by atoms with Crippen LogP contribution in [-0.2, 0) is 4.79 Å². The first-order valence-electron chi connectivity index (χ1n) is 5.62. The number of carbonyl (C=O) groups is 2. The highest BCUT2D eigenvalue weighted by Gasteiger charge is 2.37. The molecule has 0 saturated heterocycles. The molecule has 0 aromatic heterocycles.